The highest BCUT2D eigenvalue weighted by Gasteiger charge is 2.07. The van der Waals surface area contributed by atoms with Gasteiger partial charge in [-0.25, -0.2) is 13.8 Å². The van der Waals surface area contributed by atoms with E-state index in [0.29, 0.717) is 17.6 Å². The summed E-state index contributed by atoms with van der Waals surface area (Å²) in [6.45, 7) is 4.20. The summed E-state index contributed by atoms with van der Waals surface area (Å²) in [5.41, 5.74) is 0. The van der Waals surface area contributed by atoms with Crippen molar-refractivity contribution in [3.63, 3.8) is 0 Å². The molecular formula is C9H15F2N3OS. The maximum Gasteiger partial charge on any atom is 0.261 e. The first-order valence-corrected chi connectivity index (χ1v) is 5.80. The maximum absolute atomic E-state index is 11.7. The molecule has 0 aliphatic carbocycles. The van der Waals surface area contributed by atoms with Crippen LogP contribution >= 0.6 is 11.5 Å². The van der Waals surface area contributed by atoms with Gasteiger partial charge >= 0.3 is 0 Å². The second-order valence-corrected chi connectivity index (χ2v) is 4.26. The summed E-state index contributed by atoms with van der Waals surface area (Å²) >= 11 is 1.27. The normalized spacial score (nSPS) is 11.4. The Balaban J connectivity index is 2.17. The lowest BCUT2D eigenvalue weighted by molar-refractivity contribution is 0.0215. The molecule has 7 heteroatoms. The van der Waals surface area contributed by atoms with Crippen LogP contribution in [0.1, 0.15) is 25.6 Å². The van der Waals surface area contributed by atoms with Gasteiger partial charge in [0.05, 0.1) is 6.61 Å². The van der Waals surface area contributed by atoms with Crippen molar-refractivity contribution < 1.29 is 13.5 Å². The molecule has 0 atom stereocenters. The number of rotatable bonds is 7. The van der Waals surface area contributed by atoms with Crippen molar-refractivity contribution in [2.45, 2.75) is 26.2 Å². The van der Waals surface area contributed by atoms with Gasteiger partial charge < -0.3 is 10.1 Å². The summed E-state index contributed by atoms with van der Waals surface area (Å²) in [5.74, 6) is 1.09. The van der Waals surface area contributed by atoms with Crippen LogP contribution in [0.3, 0.4) is 0 Å². The molecule has 0 unspecified atom stereocenters. The van der Waals surface area contributed by atoms with E-state index >= 15 is 0 Å². The predicted octanol–water partition coefficient (Wildman–Crippen LogP) is 2.36. The molecule has 0 aromatic carbocycles. The largest absolute Gasteiger partial charge is 0.374 e. The van der Waals surface area contributed by atoms with Crippen LogP contribution < -0.4 is 5.32 Å². The molecule has 1 heterocycles. The zero-order valence-electron chi connectivity index (χ0n) is 9.24. The van der Waals surface area contributed by atoms with E-state index < -0.39 is 13.0 Å². The Morgan fingerprint density at radius 2 is 2.19 bits per heavy atom. The Morgan fingerprint density at radius 1 is 1.44 bits per heavy atom. The first-order chi connectivity index (χ1) is 7.59. The molecule has 0 fully saturated rings. The minimum absolute atomic E-state index is 0.237. The Labute approximate surface area is 97.2 Å². The smallest absolute Gasteiger partial charge is 0.261 e. The van der Waals surface area contributed by atoms with E-state index in [4.69, 9.17) is 4.74 Å². The van der Waals surface area contributed by atoms with E-state index in [1.807, 2.05) is 13.8 Å². The Hall–Kier alpha value is -0.820. The molecule has 0 aliphatic rings. The van der Waals surface area contributed by atoms with Crippen molar-refractivity contribution in [2.75, 3.05) is 25.1 Å². The van der Waals surface area contributed by atoms with Gasteiger partial charge in [0.25, 0.3) is 6.43 Å². The molecule has 0 saturated carbocycles. The number of hydrogen-bond donors (Lipinski definition) is 1. The average molecular weight is 251 g/mol. The SMILES string of the molecule is CC(C)c1nsc(NCCOCC(F)F)n1. The molecule has 92 valence electrons. The van der Waals surface area contributed by atoms with Crippen LogP contribution in [0, 0.1) is 0 Å². The zero-order valence-corrected chi connectivity index (χ0v) is 10.1. The third-order valence-corrected chi connectivity index (χ3v) is 2.41. The number of aromatic nitrogens is 2. The molecular weight excluding hydrogens is 236 g/mol. The molecule has 1 rings (SSSR count). The fraction of sp³-hybridized carbons (Fsp3) is 0.778. The average Bonchev–Trinajstić information content (AvgIpc) is 2.65. The summed E-state index contributed by atoms with van der Waals surface area (Å²) in [6, 6.07) is 0. The van der Waals surface area contributed by atoms with Gasteiger partial charge in [-0.1, -0.05) is 13.8 Å². The van der Waals surface area contributed by atoms with Crippen LogP contribution in [0.5, 0.6) is 0 Å². The summed E-state index contributed by atoms with van der Waals surface area (Å²) in [6.07, 6.45) is -2.41. The van der Waals surface area contributed by atoms with E-state index in [1.165, 1.54) is 11.5 Å². The molecule has 1 aromatic rings. The van der Waals surface area contributed by atoms with Gasteiger partial charge in [-0.2, -0.15) is 4.37 Å². The Morgan fingerprint density at radius 3 is 2.75 bits per heavy atom. The fourth-order valence-electron chi connectivity index (χ4n) is 0.944. The zero-order chi connectivity index (χ0) is 12.0. The van der Waals surface area contributed by atoms with E-state index in [9.17, 15) is 8.78 Å². The third kappa shape index (κ3) is 4.80. The van der Waals surface area contributed by atoms with Gasteiger partial charge in [0, 0.05) is 24.0 Å². The number of alkyl halides is 2. The van der Waals surface area contributed by atoms with Crippen molar-refractivity contribution in [3.05, 3.63) is 5.82 Å². The van der Waals surface area contributed by atoms with Crippen LogP contribution in [-0.2, 0) is 4.74 Å². The van der Waals surface area contributed by atoms with Crippen molar-refractivity contribution in [2.24, 2.45) is 0 Å². The second kappa shape index (κ2) is 6.70. The first-order valence-electron chi connectivity index (χ1n) is 5.03. The monoisotopic (exact) mass is 251 g/mol. The Kier molecular flexibility index (Phi) is 5.54. The number of hydrogen-bond acceptors (Lipinski definition) is 5. The van der Waals surface area contributed by atoms with Crippen LogP contribution in [0.15, 0.2) is 0 Å². The van der Waals surface area contributed by atoms with Crippen LogP contribution in [0.4, 0.5) is 13.9 Å². The highest BCUT2D eigenvalue weighted by atomic mass is 32.1. The number of nitrogens with one attached hydrogen (secondary N) is 1. The van der Waals surface area contributed by atoms with Crippen molar-refractivity contribution >= 4 is 16.7 Å². The topological polar surface area (TPSA) is 47.0 Å². The number of ether oxygens (including phenoxy) is 1. The molecule has 1 aromatic heterocycles. The van der Waals surface area contributed by atoms with Crippen LogP contribution in [0.2, 0.25) is 0 Å². The molecule has 0 aliphatic heterocycles. The van der Waals surface area contributed by atoms with Crippen LogP contribution in [0.25, 0.3) is 0 Å². The molecule has 16 heavy (non-hydrogen) atoms. The first kappa shape index (κ1) is 13.2. The highest BCUT2D eigenvalue weighted by Crippen LogP contribution is 2.16. The lowest BCUT2D eigenvalue weighted by atomic mass is 10.2. The lowest BCUT2D eigenvalue weighted by Crippen LogP contribution is -2.13. The van der Waals surface area contributed by atoms with E-state index in [2.05, 4.69) is 14.7 Å². The summed E-state index contributed by atoms with van der Waals surface area (Å²) in [4.78, 5) is 4.24. The number of nitrogens with zero attached hydrogens (tertiary/aromatic N) is 2. The minimum Gasteiger partial charge on any atom is -0.374 e. The second-order valence-electron chi connectivity index (χ2n) is 3.51. The van der Waals surface area contributed by atoms with Gasteiger partial charge in [-0.05, 0) is 0 Å². The lowest BCUT2D eigenvalue weighted by Gasteiger charge is -2.03. The standard InChI is InChI=1S/C9H15F2N3OS/c1-6(2)8-13-9(16-14-8)12-3-4-15-5-7(10)11/h6-7H,3-5H2,1-2H3,(H,12,13,14). The summed E-state index contributed by atoms with van der Waals surface area (Å²) in [7, 11) is 0. The van der Waals surface area contributed by atoms with Crippen LogP contribution in [-0.4, -0.2) is 35.5 Å². The van der Waals surface area contributed by atoms with Gasteiger partial charge in [0.2, 0.25) is 5.13 Å². The molecule has 0 amide bonds. The molecule has 0 radical (unpaired) electrons. The predicted molar refractivity (Wildman–Crippen MR) is 59.3 cm³/mol. The molecule has 0 saturated heterocycles. The molecule has 0 bridgehead atoms. The van der Waals surface area contributed by atoms with E-state index in [1.54, 1.807) is 0 Å². The molecule has 0 spiro atoms. The Bertz CT molecular complexity index is 307. The molecule has 1 N–H and O–H groups in total. The van der Waals surface area contributed by atoms with Gasteiger partial charge in [0.15, 0.2) is 0 Å². The van der Waals surface area contributed by atoms with Crippen molar-refractivity contribution in [3.8, 4) is 0 Å². The third-order valence-electron chi connectivity index (χ3n) is 1.72. The number of anilines is 1. The minimum atomic E-state index is -2.41. The van der Waals surface area contributed by atoms with Gasteiger partial charge in [-0.15, -0.1) is 0 Å². The fourth-order valence-corrected chi connectivity index (χ4v) is 1.68. The van der Waals surface area contributed by atoms with Gasteiger partial charge in [-0.3, -0.25) is 0 Å². The summed E-state index contributed by atoms with van der Waals surface area (Å²) in [5, 5.41) is 3.67. The maximum atomic E-state index is 11.7. The quantitative estimate of drug-likeness (QED) is 0.756. The van der Waals surface area contributed by atoms with E-state index in [-0.39, 0.29) is 6.61 Å². The van der Waals surface area contributed by atoms with Gasteiger partial charge in [0.1, 0.15) is 12.4 Å². The van der Waals surface area contributed by atoms with Crippen molar-refractivity contribution in [1.29, 1.82) is 0 Å². The summed E-state index contributed by atoms with van der Waals surface area (Å²) < 4.78 is 32.3. The number of halogens is 2. The van der Waals surface area contributed by atoms with E-state index in [0.717, 1.165) is 5.82 Å². The van der Waals surface area contributed by atoms with Crippen molar-refractivity contribution in [1.82, 2.24) is 9.36 Å². The molecule has 4 nitrogen and oxygen atoms in total. The highest BCUT2D eigenvalue weighted by molar-refractivity contribution is 7.09.